The molecule has 0 saturated heterocycles. The monoisotopic (exact) mass is 165 g/mol. The highest BCUT2D eigenvalue weighted by atomic mass is 14.9. The van der Waals surface area contributed by atoms with Crippen LogP contribution in [0.3, 0.4) is 0 Å². The maximum absolute atomic E-state index is 4.16. The second kappa shape index (κ2) is 3.63. The summed E-state index contributed by atoms with van der Waals surface area (Å²) < 4.78 is 0. The van der Waals surface area contributed by atoms with Gasteiger partial charge in [-0.2, -0.15) is 0 Å². The van der Waals surface area contributed by atoms with Crippen molar-refractivity contribution in [2.45, 2.75) is 25.8 Å². The van der Waals surface area contributed by atoms with Crippen molar-refractivity contribution < 1.29 is 0 Å². The van der Waals surface area contributed by atoms with Crippen molar-refractivity contribution in [3.05, 3.63) is 24.3 Å². The van der Waals surface area contributed by atoms with E-state index in [9.17, 15) is 0 Å². The zero-order valence-corrected chi connectivity index (χ0v) is 7.83. The molecule has 0 aliphatic heterocycles. The highest BCUT2D eigenvalue weighted by Gasteiger charge is 2.16. The van der Waals surface area contributed by atoms with Gasteiger partial charge in [-0.1, -0.05) is 0 Å². The molecule has 1 aromatic heterocycles. The Morgan fingerprint density at radius 1 is 1.33 bits per heavy atom. The molecule has 1 heterocycles. The lowest BCUT2D eigenvalue weighted by Gasteiger charge is -2.22. The van der Waals surface area contributed by atoms with Gasteiger partial charge in [0.2, 0.25) is 0 Å². The van der Waals surface area contributed by atoms with Crippen LogP contribution < -0.4 is 5.32 Å². The van der Waals surface area contributed by atoms with Crippen LogP contribution in [-0.4, -0.2) is 22.6 Å². The van der Waals surface area contributed by atoms with E-state index < -0.39 is 0 Å². The van der Waals surface area contributed by atoms with Gasteiger partial charge in [-0.3, -0.25) is 0 Å². The molecule has 0 aliphatic rings. The summed E-state index contributed by atoms with van der Waals surface area (Å²) in [4.78, 5) is 8.32. The van der Waals surface area contributed by atoms with E-state index in [1.54, 1.807) is 12.4 Å². The number of nitrogens with one attached hydrogen (secondary N) is 1. The molecule has 0 radical (unpaired) electrons. The Bertz CT molecular complexity index is 231. The first-order valence-electron chi connectivity index (χ1n) is 4.09. The zero-order valence-electron chi connectivity index (χ0n) is 7.83. The van der Waals surface area contributed by atoms with Gasteiger partial charge in [-0.15, -0.1) is 0 Å². The third-order valence-corrected chi connectivity index (χ3v) is 1.90. The second-order valence-electron chi connectivity index (χ2n) is 3.48. The van der Waals surface area contributed by atoms with Crippen molar-refractivity contribution >= 4 is 0 Å². The van der Waals surface area contributed by atoms with Crippen LogP contribution in [0.1, 0.15) is 19.7 Å². The van der Waals surface area contributed by atoms with Crippen LogP contribution >= 0.6 is 0 Å². The number of hydrogen-bond acceptors (Lipinski definition) is 3. The van der Waals surface area contributed by atoms with Crippen molar-refractivity contribution in [2.24, 2.45) is 0 Å². The molecule has 1 N–H and O–H groups in total. The highest BCUT2D eigenvalue weighted by Crippen LogP contribution is 2.06. The van der Waals surface area contributed by atoms with Gasteiger partial charge >= 0.3 is 0 Å². The maximum Gasteiger partial charge on any atom is 0.130 e. The summed E-state index contributed by atoms with van der Waals surface area (Å²) in [6.07, 6.45) is 4.40. The average Bonchev–Trinajstić information content (AvgIpc) is 2.06. The molecule has 12 heavy (non-hydrogen) atoms. The molecule has 0 saturated carbocycles. The van der Waals surface area contributed by atoms with Gasteiger partial charge < -0.3 is 5.32 Å². The molecule has 0 aromatic carbocycles. The van der Waals surface area contributed by atoms with E-state index in [0.717, 1.165) is 12.2 Å². The van der Waals surface area contributed by atoms with Crippen LogP contribution in [0.25, 0.3) is 0 Å². The molecule has 0 atom stereocenters. The Morgan fingerprint density at radius 3 is 2.42 bits per heavy atom. The minimum atomic E-state index is 0.0708. The smallest absolute Gasteiger partial charge is 0.130 e. The van der Waals surface area contributed by atoms with Crippen LogP contribution in [0.2, 0.25) is 0 Å². The van der Waals surface area contributed by atoms with Crippen LogP contribution in [0.15, 0.2) is 18.5 Å². The van der Waals surface area contributed by atoms with Crippen molar-refractivity contribution in [1.29, 1.82) is 0 Å². The topological polar surface area (TPSA) is 37.8 Å². The van der Waals surface area contributed by atoms with E-state index in [1.807, 2.05) is 13.1 Å². The minimum absolute atomic E-state index is 0.0708. The van der Waals surface area contributed by atoms with E-state index in [4.69, 9.17) is 0 Å². The van der Waals surface area contributed by atoms with Gasteiger partial charge in [0.15, 0.2) is 0 Å². The van der Waals surface area contributed by atoms with E-state index in [0.29, 0.717) is 0 Å². The van der Waals surface area contributed by atoms with Crippen LogP contribution in [0, 0.1) is 0 Å². The predicted molar refractivity (Wildman–Crippen MR) is 48.9 cm³/mol. The van der Waals surface area contributed by atoms with Crippen LogP contribution in [-0.2, 0) is 6.42 Å². The highest BCUT2D eigenvalue weighted by molar-refractivity contribution is 4.95. The minimum Gasteiger partial charge on any atom is -0.314 e. The lowest BCUT2D eigenvalue weighted by molar-refractivity contribution is 0.413. The third kappa shape index (κ3) is 2.58. The number of aromatic nitrogens is 2. The fourth-order valence-corrected chi connectivity index (χ4v) is 0.905. The van der Waals surface area contributed by atoms with Crippen LogP contribution in [0.5, 0.6) is 0 Å². The van der Waals surface area contributed by atoms with Gasteiger partial charge in [0.1, 0.15) is 5.82 Å². The summed E-state index contributed by atoms with van der Waals surface area (Å²) in [5.74, 6) is 0.886. The van der Waals surface area contributed by atoms with Crippen molar-refractivity contribution in [3.8, 4) is 0 Å². The number of nitrogens with zero attached hydrogens (tertiary/aromatic N) is 2. The summed E-state index contributed by atoms with van der Waals surface area (Å²) in [5, 5.41) is 3.21. The SMILES string of the molecule is CNC(C)(C)Cc1ncccn1. The summed E-state index contributed by atoms with van der Waals surface area (Å²) in [5.41, 5.74) is 0.0708. The van der Waals surface area contributed by atoms with Gasteiger partial charge in [0, 0.05) is 24.4 Å². The Kier molecular flexibility index (Phi) is 2.76. The van der Waals surface area contributed by atoms with E-state index in [2.05, 4.69) is 29.1 Å². The van der Waals surface area contributed by atoms with Crippen molar-refractivity contribution in [3.63, 3.8) is 0 Å². The molecule has 1 rings (SSSR count). The second-order valence-corrected chi connectivity index (χ2v) is 3.48. The summed E-state index contributed by atoms with van der Waals surface area (Å²) in [6.45, 7) is 4.26. The summed E-state index contributed by atoms with van der Waals surface area (Å²) in [6, 6.07) is 1.83. The van der Waals surface area contributed by atoms with E-state index >= 15 is 0 Å². The largest absolute Gasteiger partial charge is 0.314 e. The quantitative estimate of drug-likeness (QED) is 0.726. The average molecular weight is 165 g/mol. The third-order valence-electron chi connectivity index (χ3n) is 1.90. The number of rotatable bonds is 3. The Morgan fingerprint density at radius 2 is 1.92 bits per heavy atom. The molecular formula is C9H15N3. The molecule has 0 bridgehead atoms. The van der Waals surface area contributed by atoms with Crippen molar-refractivity contribution in [2.75, 3.05) is 7.05 Å². The fourth-order valence-electron chi connectivity index (χ4n) is 0.905. The normalized spacial score (nSPS) is 11.6. The summed E-state index contributed by atoms with van der Waals surface area (Å²) >= 11 is 0. The molecular weight excluding hydrogens is 150 g/mol. The number of hydrogen-bond donors (Lipinski definition) is 1. The molecule has 0 aliphatic carbocycles. The van der Waals surface area contributed by atoms with Crippen LogP contribution in [0.4, 0.5) is 0 Å². The molecule has 0 spiro atoms. The zero-order chi connectivity index (χ0) is 9.03. The predicted octanol–water partition coefficient (Wildman–Crippen LogP) is 1.02. The van der Waals surface area contributed by atoms with E-state index in [1.165, 1.54) is 0 Å². The molecule has 66 valence electrons. The molecule has 1 aromatic rings. The van der Waals surface area contributed by atoms with E-state index in [-0.39, 0.29) is 5.54 Å². The van der Waals surface area contributed by atoms with Gasteiger partial charge in [0.05, 0.1) is 0 Å². The molecule has 0 amide bonds. The first-order valence-corrected chi connectivity index (χ1v) is 4.09. The maximum atomic E-state index is 4.16. The first kappa shape index (κ1) is 9.13. The molecule has 3 heteroatoms. The van der Waals surface area contributed by atoms with Gasteiger partial charge in [0.25, 0.3) is 0 Å². The Hall–Kier alpha value is -0.960. The van der Waals surface area contributed by atoms with Gasteiger partial charge in [-0.25, -0.2) is 9.97 Å². The van der Waals surface area contributed by atoms with Crippen molar-refractivity contribution in [1.82, 2.24) is 15.3 Å². The molecule has 0 unspecified atom stereocenters. The fraction of sp³-hybridized carbons (Fsp3) is 0.556. The first-order chi connectivity index (χ1) is 5.64. The number of likely N-dealkylation sites (N-methyl/N-ethyl adjacent to an activating group) is 1. The Labute approximate surface area is 73.2 Å². The molecule has 0 fully saturated rings. The lowest BCUT2D eigenvalue weighted by Crippen LogP contribution is -2.38. The lowest BCUT2D eigenvalue weighted by atomic mass is 10.0. The van der Waals surface area contributed by atoms with Gasteiger partial charge in [-0.05, 0) is 27.0 Å². The Balaban J connectivity index is 2.64. The standard InChI is InChI=1S/C9H15N3/c1-9(2,10-3)7-8-11-5-4-6-12-8/h4-6,10H,7H2,1-3H3. The molecule has 3 nitrogen and oxygen atoms in total. The summed E-state index contributed by atoms with van der Waals surface area (Å²) in [7, 11) is 1.95.